The van der Waals surface area contributed by atoms with Crippen LogP contribution in [-0.2, 0) is 30.7 Å². The van der Waals surface area contributed by atoms with Crippen molar-refractivity contribution < 1.29 is 37.3 Å². The Balaban J connectivity index is 1.53. The molecule has 0 spiro atoms. The van der Waals surface area contributed by atoms with Gasteiger partial charge in [0.25, 0.3) is 5.91 Å². The molecular weight excluding hydrogens is 424 g/mol. The van der Waals surface area contributed by atoms with Crippen LogP contribution in [0.4, 0.5) is 0 Å². The minimum atomic E-state index is -3.15. The van der Waals surface area contributed by atoms with Gasteiger partial charge < -0.3 is 24.2 Å². The van der Waals surface area contributed by atoms with E-state index in [0.29, 0.717) is 23.2 Å². The molecule has 4 rings (SSSR count). The largest absolute Gasteiger partial charge is 0.480 e. The van der Waals surface area contributed by atoms with E-state index in [1.165, 1.54) is 11.8 Å². The smallest absolute Gasteiger partial charge is 0.329 e. The molecule has 1 aromatic carbocycles. The molecule has 0 unspecified atom stereocenters. The summed E-state index contributed by atoms with van der Waals surface area (Å²) in [6.07, 6.45) is 0. The van der Waals surface area contributed by atoms with Crippen LogP contribution in [0.5, 0.6) is 11.5 Å². The van der Waals surface area contributed by atoms with Crippen LogP contribution < -0.4 is 9.47 Å². The van der Waals surface area contributed by atoms with Crippen LogP contribution >= 0.6 is 11.8 Å². The maximum atomic E-state index is 12.1. The summed E-state index contributed by atoms with van der Waals surface area (Å²) in [5.41, 5.74) is 0.863. The molecule has 2 saturated heterocycles. The first kappa shape index (κ1) is 20.0. The fraction of sp³-hybridized carbons (Fsp3) is 0.471. The van der Waals surface area contributed by atoms with Crippen LogP contribution in [0, 0.1) is 0 Å². The molecule has 0 radical (unpaired) electrons. The SMILES string of the molecule is O=C(O)COCC(=O)N=C1S[C@H]2CS(=O)(=O)C[C@H]2N1Cc1ccc2c(c1)OCO2. The van der Waals surface area contributed by atoms with E-state index >= 15 is 0 Å². The van der Waals surface area contributed by atoms with Crippen LogP contribution in [0.2, 0.25) is 0 Å². The molecule has 1 amide bonds. The van der Waals surface area contributed by atoms with Crippen molar-refractivity contribution in [3.8, 4) is 11.5 Å². The van der Waals surface area contributed by atoms with Crippen molar-refractivity contribution in [3.63, 3.8) is 0 Å². The molecule has 1 N–H and O–H groups in total. The van der Waals surface area contributed by atoms with Crippen molar-refractivity contribution in [3.05, 3.63) is 23.8 Å². The Morgan fingerprint density at radius 1 is 1.24 bits per heavy atom. The maximum Gasteiger partial charge on any atom is 0.329 e. The Hall–Kier alpha value is -2.31. The zero-order chi connectivity index (χ0) is 20.6. The number of aliphatic imine (C=N–C) groups is 1. The Bertz CT molecular complexity index is 978. The molecule has 29 heavy (non-hydrogen) atoms. The molecule has 2 atom stereocenters. The van der Waals surface area contributed by atoms with E-state index in [9.17, 15) is 18.0 Å². The summed E-state index contributed by atoms with van der Waals surface area (Å²) in [4.78, 5) is 28.4. The number of carboxylic acid groups (broad SMARTS) is 1. The highest BCUT2D eigenvalue weighted by Crippen LogP contribution is 2.40. The summed E-state index contributed by atoms with van der Waals surface area (Å²) in [6, 6.07) is 5.16. The van der Waals surface area contributed by atoms with Gasteiger partial charge in [-0.05, 0) is 17.7 Å². The molecule has 0 aromatic heterocycles. The molecule has 1 aromatic rings. The minimum absolute atomic E-state index is 0.00204. The highest BCUT2D eigenvalue weighted by atomic mass is 32.2. The lowest BCUT2D eigenvalue weighted by Crippen LogP contribution is -2.37. The number of rotatable bonds is 6. The Labute approximate surface area is 170 Å². The molecular formula is C17H18N2O8S2. The summed E-state index contributed by atoms with van der Waals surface area (Å²) in [5.74, 6) is -0.509. The van der Waals surface area contributed by atoms with Gasteiger partial charge in [-0.1, -0.05) is 17.8 Å². The Morgan fingerprint density at radius 2 is 2.03 bits per heavy atom. The van der Waals surface area contributed by atoms with Gasteiger partial charge in [-0.15, -0.1) is 0 Å². The molecule has 3 aliphatic rings. The summed E-state index contributed by atoms with van der Waals surface area (Å²) in [5, 5.41) is 8.79. The number of nitrogens with zero attached hydrogens (tertiary/aromatic N) is 2. The topological polar surface area (TPSA) is 132 Å². The van der Waals surface area contributed by atoms with E-state index in [-0.39, 0.29) is 29.6 Å². The van der Waals surface area contributed by atoms with Crippen LogP contribution in [0.3, 0.4) is 0 Å². The van der Waals surface area contributed by atoms with Gasteiger partial charge in [0.15, 0.2) is 26.5 Å². The van der Waals surface area contributed by atoms with Crippen LogP contribution in [-0.4, -0.2) is 78.3 Å². The van der Waals surface area contributed by atoms with Crippen molar-refractivity contribution in [1.29, 1.82) is 0 Å². The van der Waals surface area contributed by atoms with Crippen molar-refractivity contribution in [2.24, 2.45) is 4.99 Å². The summed E-state index contributed by atoms with van der Waals surface area (Å²) in [7, 11) is -3.15. The number of hydrogen-bond donors (Lipinski definition) is 1. The van der Waals surface area contributed by atoms with E-state index < -0.39 is 34.9 Å². The molecule has 156 valence electrons. The molecule has 12 heteroatoms. The molecule has 0 saturated carbocycles. The number of carbonyl (C=O) groups excluding carboxylic acids is 1. The summed E-state index contributed by atoms with van der Waals surface area (Å²) in [6.45, 7) is -0.544. The summed E-state index contributed by atoms with van der Waals surface area (Å²) < 4.78 is 39.6. The number of amides is 1. The average molecular weight is 442 g/mol. The molecule has 3 aliphatic heterocycles. The zero-order valence-electron chi connectivity index (χ0n) is 15.1. The predicted molar refractivity (Wildman–Crippen MR) is 103 cm³/mol. The standard InChI is InChI=1S/C17H18N2O8S2/c20-15(5-25-6-16(21)22)18-17-19(11-7-29(23,24)8-14(11)28-17)4-10-1-2-12-13(3-10)27-9-26-12/h1-3,11,14H,4-9H2,(H,21,22)/t11-,14+/m1/s1. The second-order valence-electron chi connectivity index (χ2n) is 6.79. The number of carboxylic acids is 1. The van der Waals surface area contributed by atoms with E-state index in [2.05, 4.69) is 4.99 Å². The lowest BCUT2D eigenvalue weighted by atomic mass is 10.1. The number of ether oxygens (including phenoxy) is 3. The van der Waals surface area contributed by atoms with Crippen molar-refractivity contribution in [1.82, 2.24) is 4.90 Å². The Kier molecular flexibility index (Phi) is 5.40. The lowest BCUT2D eigenvalue weighted by Gasteiger charge is -2.24. The van der Waals surface area contributed by atoms with Gasteiger partial charge in [0.2, 0.25) is 6.79 Å². The number of aliphatic carboxylic acids is 1. The monoisotopic (exact) mass is 442 g/mol. The van der Waals surface area contributed by atoms with Gasteiger partial charge in [0.05, 0.1) is 17.5 Å². The normalized spacial score (nSPS) is 25.4. The molecule has 0 bridgehead atoms. The second kappa shape index (κ2) is 7.84. The molecule has 0 aliphatic carbocycles. The van der Waals surface area contributed by atoms with E-state index in [1.54, 1.807) is 6.07 Å². The van der Waals surface area contributed by atoms with Crippen molar-refractivity contribution in [2.45, 2.75) is 17.8 Å². The number of sulfone groups is 1. The molecule has 3 heterocycles. The second-order valence-corrected chi connectivity index (χ2v) is 10.2. The third-order valence-corrected chi connectivity index (χ3v) is 7.88. The first-order valence-corrected chi connectivity index (χ1v) is 11.4. The highest BCUT2D eigenvalue weighted by Gasteiger charge is 2.48. The van der Waals surface area contributed by atoms with Gasteiger partial charge in [-0.25, -0.2) is 13.2 Å². The third kappa shape index (κ3) is 4.49. The first-order valence-electron chi connectivity index (χ1n) is 8.74. The number of carbonyl (C=O) groups is 2. The van der Waals surface area contributed by atoms with Gasteiger partial charge in [-0.3, -0.25) is 4.79 Å². The highest BCUT2D eigenvalue weighted by molar-refractivity contribution is 8.15. The van der Waals surface area contributed by atoms with Crippen LogP contribution in [0.1, 0.15) is 5.56 Å². The maximum absolute atomic E-state index is 12.1. The van der Waals surface area contributed by atoms with Crippen LogP contribution in [0.25, 0.3) is 0 Å². The first-order chi connectivity index (χ1) is 13.8. The van der Waals surface area contributed by atoms with E-state index in [0.717, 1.165) is 5.56 Å². The van der Waals surface area contributed by atoms with Gasteiger partial charge >= 0.3 is 5.97 Å². The predicted octanol–water partition coefficient (Wildman–Crippen LogP) is 0.114. The van der Waals surface area contributed by atoms with Gasteiger partial charge in [0, 0.05) is 11.8 Å². The van der Waals surface area contributed by atoms with Crippen LogP contribution in [0.15, 0.2) is 23.2 Å². The zero-order valence-corrected chi connectivity index (χ0v) is 16.8. The van der Waals surface area contributed by atoms with E-state index in [4.69, 9.17) is 19.3 Å². The molecule has 10 nitrogen and oxygen atoms in total. The number of thioether (sulfide) groups is 1. The average Bonchev–Trinajstić information content (AvgIpc) is 3.28. The third-order valence-electron chi connectivity index (χ3n) is 4.64. The number of benzene rings is 1. The molecule has 2 fully saturated rings. The number of hydrogen-bond acceptors (Lipinski definition) is 8. The minimum Gasteiger partial charge on any atom is -0.480 e. The Morgan fingerprint density at radius 3 is 2.83 bits per heavy atom. The summed E-state index contributed by atoms with van der Waals surface area (Å²) >= 11 is 1.25. The quantitative estimate of drug-likeness (QED) is 0.647. The lowest BCUT2D eigenvalue weighted by molar-refractivity contribution is -0.143. The van der Waals surface area contributed by atoms with Crippen molar-refractivity contribution in [2.75, 3.05) is 31.5 Å². The van der Waals surface area contributed by atoms with Crippen molar-refractivity contribution >= 4 is 38.6 Å². The van der Waals surface area contributed by atoms with Gasteiger partial charge in [-0.2, -0.15) is 4.99 Å². The fourth-order valence-electron chi connectivity index (χ4n) is 3.42. The van der Waals surface area contributed by atoms with E-state index in [1.807, 2.05) is 17.0 Å². The fourth-order valence-corrected chi connectivity index (χ4v) is 7.39. The number of fused-ring (bicyclic) bond motifs is 2. The van der Waals surface area contributed by atoms with Gasteiger partial charge in [0.1, 0.15) is 13.2 Å². The number of amidine groups is 1.